The number of rotatable bonds is 5. The lowest BCUT2D eigenvalue weighted by atomic mass is 10.1. The summed E-state index contributed by atoms with van der Waals surface area (Å²) in [7, 11) is 0. The monoisotopic (exact) mass is 260 g/mol. The molecule has 2 aliphatic rings. The van der Waals surface area contributed by atoms with E-state index in [1.165, 1.54) is 31.6 Å². The summed E-state index contributed by atoms with van der Waals surface area (Å²) in [5.41, 5.74) is 1.35. The van der Waals surface area contributed by atoms with E-state index in [9.17, 15) is 0 Å². The second-order valence-electron chi connectivity index (χ2n) is 5.76. The normalized spacial score (nSPS) is 26.4. The van der Waals surface area contributed by atoms with Crippen LogP contribution >= 0.6 is 0 Å². The van der Waals surface area contributed by atoms with Crippen molar-refractivity contribution in [2.24, 2.45) is 5.92 Å². The molecule has 1 aromatic rings. The van der Waals surface area contributed by atoms with Gasteiger partial charge in [0.2, 0.25) is 0 Å². The minimum absolute atomic E-state index is 0.320. The van der Waals surface area contributed by atoms with Crippen molar-refractivity contribution in [2.75, 3.05) is 32.7 Å². The highest BCUT2D eigenvalue weighted by atomic mass is 16.5. The lowest BCUT2D eigenvalue weighted by molar-refractivity contribution is 0.224. The molecule has 1 saturated heterocycles. The Balaban J connectivity index is 1.38. The van der Waals surface area contributed by atoms with Gasteiger partial charge in [0.25, 0.3) is 0 Å². The lowest BCUT2D eigenvalue weighted by Crippen LogP contribution is -2.34. The van der Waals surface area contributed by atoms with Gasteiger partial charge >= 0.3 is 0 Å². The van der Waals surface area contributed by atoms with Crippen LogP contribution in [0.25, 0.3) is 0 Å². The molecule has 1 aromatic carbocycles. The zero-order valence-electron chi connectivity index (χ0n) is 11.8. The summed E-state index contributed by atoms with van der Waals surface area (Å²) in [5.74, 6) is 1.90. The molecule has 1 fully saturated rings. The van der Waals surface area contributed by atoms with Crippen LogP contribution < -0.4 is 10.1 Å². The Morgan fingerprint density at radius 1 is 1.32 bits per heavy atom. The van der Waals surface area contributed by atoms with Crippen LogP contribution in [0.1, 0.15) is 18.9 Å². The van der Waals surface area contributed by atoms with Gasteiger partial charge in [-0.2, -0.15) is 0 Å². The van der Waals surface area contributed by atoms with Crippen LogP contribution in [-0.2, 0) is 6.42 Å². The molecule has 0 bridgehead atoms. The van der Waals surface area contributed by atoms with Gasteiger partial charge in [0.05, 0.1) is 0 Å². The molecule has 0 aliphatic carbocycles. The maximum atomic E-state index is 5.94. The minimum Gasteiger partial charge on any atom is -0.488 e. The maximum Gasteiger partial charge on any atom is 0.123 e. The van der Waals surface area contributed by atoms with Crippen LogP contribution in [0.4, 0.5) is 0 Å². The first-order chi connectivity index (χ1) is 9.35. The molecule has 3 heteroatoms. The second-order valence-corrected chi connectivity index (χ2v) is 5.76. The molecule has 0 aromatic heterocycles. The zero-order chi connectivity index (χ0) is 13.1. The third-order valence-electron chi connectivity index (χ3n) is 4.34. The van der Waals surface area contributed by atoms with Crippen molar-refractivity contribution >= 4 is 0 Å². The van der Waals surface area contributed by atoms with Crippen LogP contribution in [0.2, 0.25) is 0 Å². The summed E-state index contributed by atoms with van der Waals surface area (Å²) in [6.45, 7) is 8.07. The number of likely N-dealkylation sites (tertiary alicyclic amines) is 1. The van der Waals surface area contributed by atoms with Crippen molar-refractivity contribution < 1.29 is 4.74 Å². The van der Waals surface area contributed by atoms with Gasteiger partial charge in [-0.05, 0) is 43.6 Å². The smallest absolute Gasteiger partial charge is 0.123 e. The number of nitrogens with one attached hydrogen (secondary N) is 1. The number of hydrogen-bond donors (Lipinski definition) is 1. The van der Waals surface area contributed by atoms with Gasteiger partial charge in [-0.15, -0.1) is 0 Å². The van der Waals surface area contributed by atoms with E-state index in [1.807, 2.05) is 6.07 Å². The van der Waals surface area contributed by atoms with Gasteiger partial charge in [0.1, 0.15) is 11.9 Å². The van der Waals surface area contributed by atoms with Gasteiger partial charge in [0.15, 0.2) is 0 Å². The second kappa shape index (κ2) is 5.93. The first-order valence-corrected chi connectivity index (χ1v) is 7.52. The van der Waals surface area contributed by atoms with Crippen molar-refractivity contribution in [1.82, 2.24) is 10.2 Å². The van der Waals surface area contributed by atoms with Crippen molar-refractivity contribution in [3.63, 3.8) is 0 Å². The third-order valence-corrected chi connectivity index (χ3v) is 4.34. The Hall–Kier alpha value is -1.06. The highest BCUT2D eigenvalue weighted by molar-refractivity contribution is 5.37. The van der Waals surface area contributed by atoms with Crippen LogP contribution in [0.5, 0.6) is 5.75 Å². The molecule has 3 nitrogen and oxygen atoms in total. The van der Waals surface area contributed by atoms with Crippen LogP contribution in [-0.4, -0.2) is 43.7 Å². The number of hydrogen-bond acceptors (Lipinski definition) is 3. The molecule has 2 heterocycles. The van der Waals surface area contributed by atoms with Crippen molar-refractivity contribution in [2.45, 2.75) is 25.9 Å². The summed E-state index contributed by atoms with van der Waals surface area (Å²) < 4.78 is 5.94. The fourth-order valence-electron chi connectivity index (χ4n) is 3.18. The Labute approximate surface area is 115 Å². The molecular formula is C16H24N2O. The molecular weight excluding hydrogens is 236 g/mol. The predicted molar refractivity (Wildman–Crippen MR) is 77.7 cm³/mol. The Kier molecular flexibility index (Phi) is 4.04. The molecule has 2 atom stereocenters. The third kappa shape index (κ3) is 3.10. The fraction of sp³-hybridized carbons (Fsp3) is 0.625. The molecule has 2 aliphatic heterocycles. The Morgan fingerprint density at radius 3 is 3.00 bits per heavy atom. The largest absolute Gasteiger partial charge is 0.488 e. The van der Waals surface area contributed by atoms with E-state index < -0.39 is 0 Å². The highest BCUT2D eigenvalue weighted by Gasteiger charge is 2.24. The SMILES string of the molecule is CCN1CCC(CNCC2Cc3ccccc3O2)C1. The van der Waals surface area contributed by atoms with Crippen LogP contribution in [0.3, 0.4) is 0 Å². The zero-order valence-corrected chi connectivity index (χ0v) is 11.8. The summed E-state index contributed by atoms with van der Waals surface area (Å²) in [6.07, 6.45) is 2.71. The molecule has 1 N–H and O–H groups in total. The first kappa shape index (κ1) is 12.9. The van der Waals surface area contributed by atoms with Gasteiger partial charge in [-0.3, -0.25) is 0 Å². The summed E-state index contributed by atoms with van der Waals surface area (Å²) in [5, 5.41) is 3.60. The fourth-order valence-corrected chi connectivity index (χ4v) is 3.18. The standard InChI is InChI=1S/C16H24N2O/c1-2-18-8-7-13(12-18)10-17-11-15-9-14-5-3-4-6-16(14)19-15/h3-6,13,15,17H,2,7-12H2,1H3. The van der Waals surface area contributed by atoms with E-state index in [1.54, 1.807) is 0 Å². The molecule has 3 rings (SSSR count). The Morgan fingerprint density at radius 2 is 2.21 bits per heavy atom. The molecule has 104 valence electrons. The number of benzene rings is 1. The van der Waals surface area contributed by atoms with Gasteiger partial charge in [-0.1, -0.05) is 25.1 Å². The summed E-state index contributed by atoms with van der Waals surface area (Å²) in [6, 6.07) is 8.39. The topological polar surface area (TPSA) is 24.5 Å². The molecule has 0 amide bonds. The van der Waals surface area contributed by atoms with E-state index in [0.717, 1.165) is 31.2 Å². The highest BCUT2D eigenvalue weighted by Crippen LogP contribution is 2.27. The van der Waals surface area contributed by atoms with E-state index in [0.29, 0.717) is 6.10 Å². The molecule has 2 unspecified atom stereocenters. The quantitative estimate of drug-likeness (QED) is 0.875. The van der Waals surface area contributed by atoms with Gasteiger partial charge < -0.3 is 15.0 Å². The summed E-state index contributed by atoms with van der Waals surface area (Å²) in [4.78, 5) is 2.54. The van der Waals surface area contributed by atoms with Crippen molar-refractivity contribution in [3.05, 3.63) is 29.8 Å². The van der Waals surface area contributed by atoms with E-state index in [-0.39, 0.29) is 0 Å². The van der Waals surface area contributed by atoms with Crippen molar-refractivity contribution in [3.8, 4) is 5.75 Å². The predicted octanol–water partition coefficient (Wildman–Crippen LogP) is 1.92. The number of nitrogens with zero attached hydrogens (tertiary/aromatic N) is 1. The van der Waals surface area contributed by atoms with E-state index in [2.05, 4.69) is 35.3 Å². The number of ether oxygens (including phenoxy) is 1. The Bertz CT molecular complexity index is 396. The van der Waals surface area contributed by atoms with Crippen LogP contribution in [0, 0.1) is 5.92 Å². The number of para-hydroxylation sites is 1. The van der Waals surface area contributed by atoms with Crippen molar-refractivity contribution in [1.29, 1.82) is 0 Å². The van der Waals surface area contributed by atoms with Gasteiger partial charge in [-0.25, -0.2) is 0 Å². The van der Waals surface area contributed by atoms with Crippen LogP contribution in [0.15, 0.2) is 24.3 Å². The van der Waals surface area contributed by atoms with E-state index >= 15 is 0 Å². The van der Waals surface area contributed by atoms with Gasteiger partial charge in [0, 0.05) is 19.5 Å². The molecule has 19 heavy (non-hydrogen) atoms. The first-order valence-electron chi connectivity index (χ1n) is 7.52. The average Bonchev–Trinajstić information content (AvgIpc) is 3.04. The minimum atomic E-state index is 0.320. The molecule has 0 spiro atoms. The molecule has 0 saturated carbocycles. The van der Waals surface area contributed by atoms with E-state index in [4.69, 9.17) is 4.74 Å². The average molecular weight is 260 g/mol. The summed E-state index contributed by atoms with van der Waals surface area (Å²) >= 11 is 0. The lowest BCUT2D eigenvalue weighted by Gasteiger charge is -2.16. The maximum absolute atomic E-state index is 5.94. The molecule has 0 radical (unpaired) electrons. The number of fused-ring (bicyclic) bond motifs is 1.